The van der Waals surface area contributed by atoms with Crippen molar-refractivity contribution in [1.82, 2.24) is 4.90 Å². The summed E-state index contributed by atoms with van der Waals surface area (Å²) in [6.07, 6.45) is 3.01. The van der Waals surface area contributed by atoms with Crippen molar-refractivity contribution >= 4 is 5.78 Å². The molecule has 0 spiro atoms. The predicted octanol–water partition coefficient (Wildman–Crippen LogP) is 2.23. The van der Waals surface area contributed by atoms with E-state index in [1.165, 1.54) is 16.7 Å². The quantitative estimate of drug-likeness (QED) is 0.795. The molecular formula is C15H21NO. The highest BCUT2D eigenvalue weighted by molar-refractivity contribution is 5.83. The van der Waals surface area contributed by atoms with E-state index in [0.29, 0.717) is 12.3 Å². The molecule has 0 aliphatic heterocycles. The summed E-state index contributed by atoms with van der Waals surface area (Å²) in [6.45, 7) is 2.70. The molecule has 0 N–H and O–H groups in total. The van der Waals surface area contributed by atoms with Crippen LogP contribution in [-0.4, -0.2) is 31.3 Å². The highest BCUT2D eigenvalue weighted by Gasteiger charge is 2.24. The number of nitrogens with zero attached hydrogens (tertiary/aromatic N) is 1. The smallest absolute Gasteiger partial charge is 0.150 e. The van der Waals surface area contributed by atoms with Crippen molar-refractivity contribution in [3.8, 4) is 0 Å². The van der Waals surface area contributed by atoms with Crippen LogP contribution in [0.1, 0.15) is 23.1 Å². The van der Waals surface area contributed by atoms with E-state index in [0.717, 1.165) is 19.3 Å². The number of fused-ring (bicyclic) bond motifs is 1. The fourth-order valence-corrected chi connectivity index (χ4v) is 2.60. The molecule has 2 rings (SSSR count). The van der Waals surface area contributed by atoms with Crippen LogP contribution in [0.4, 0.5) is 0 Å². The Morgan fingerprint density at radius 1 is 1.35 bits per heavy atom. The molecule has 1 unspecified atom stereocenters. The molecule has 1 aliphatic carbocycles. The summed E-state index contributed by atoms with van der Waals surface area (Å²) in [4.78, 5) is 14.0. The number of ketones is 1. The van der Waals surface area contributed by atoms with Crippen molar-refractivity contribution in [1.29, 1.82) is 0 Å². The van der Waals surface area contributed by atoms with E-state index in [1.54, 1.807) is 0 Å². The van der Waals surface area contributed by atoms with Gasteiger partial charge in [-0.25, -0.2) is 0 Å². The topological polar surface area (TPSA) is 20.3 Å². The van der Waals surface area contributed by atoms with E-state index in [2.05, 4.69) is 25.1 Å². The van der Waals surface area contributed by atoms with Gasteiger partial charge in [-0.05, 0) is 51.4 Å². The second kappa shape index (κ2) is 5.01. The van der Waals surface area contributed by atoms with Crippen LogP contribution < -0.4 is 0 Å². The summed E-state index contributed by atoms with van der Waals surface area (Å²) < 4.78 is 0. The summed E-state index contributed by atoms with van der Waals surface area (Å²) in [5.41, 5.74) is 4.14. The third-order valence-electron chi connectivity index (χ3n) is 3.52. The lowest BCUT2D eigenvalue weighted by Crippen LogP contribution is -2.31. The van der Waals surface area contributed by atoms with Gasteiger partial charge in [0, 0.05) is 5.92 Å². The van der Waals surface area contributed by atoms with Crippen LogP contribution in [0, 0.1) is 12.8 Å². The van der Waals surface area contributed by atoms with Gasteiger partial charge in [-0.1, -0.05) is 23.8 Å². The van der Waals surface area contributed by atoms with Gasteiger partial charge in [-0.3, -0.25) is 4.79 Å². The van der Waals surface area contributed by atoms with E-state index < -0.39 is 0 Å². The average molecular weight is 231 g/mol. The fourth-order valence-electron chi connectivity index (χ4n) is 2.60. The van der Waals surface area contributed by atoms with E-state index in [1.807, 2.05) is 19.0 Å². The lowest BCUT2D eigenvalue weighted by atomic mass is 9.81. The minimum absolute atomic E-state index is 0.229. The molecule has 1 aromatic rings. The summed E-state index contributed by atoms with van der Waals surface area (Å²) in [5, 5.41) is 0. The van der Waals surface area contributed by atoms with Crippen LogP contribution in [0.15, 0.2) is 18.2 Å². The first-order valence-corrected chi connectivity index (χ1v) is 6.32. The number of carbonyl (C=O) groups excluding carboxylic acids is 1. The van der Waals surface area contributed by atoms with Crippen LogP contribution in [0.3, 0.4) is 0 Å². The Morgan fingerprint density at radius 3 is 2.82 bits per heavy atom. The lowest BCUT2D eigenvalue weighted by Gasteiger charge is -2.25. The van der Waals surface area contributed by atoms with Crippen LogP contribution in [0.5, 0.6) is 0 Å². The minimum atomic E-state index is 0.229. The number of likely N-dealkylation sites (N-methyl/N-ethyl adjacent to an activating group) is 1. The molecule has 1 atom stereocenters. The number of Topliss-reactive ketones (excluding diaryl/α,β-unsaturated/α-hetero) is 1. The van der Waals surface area contributed by atoms with Crippen molar-refractivity contribution in [3.63, 3.8) is 0 Å². The van der Waals surface area contributed by atoms with Gasteiger partial charge in [-0.15, -0.1) is 0 Å². The normalized spacial score (nSPS) is 19.2. The number of carbonyl (C=O) groups is 1. The maximum atomic E-state index is 12.0. The molecule has 0 amide bonds. The second-order valence-corrected chi connectivity index (χ2v) is 5.42. The van der Waals surface area contributed by atoms with E-state index in [-0.39, 0.29) is 5.92 Å². The molecule has 2 nitrogen and oxygen atoms in total. The van der Waals surface area contributed by atoms with Gasteiger partial charge in [0.05, 0.1) is 6.54 Å². The summed E-state index contributed by atoms with van der Waals surface area (Å²) in [7, 11) is 3.91. The summed E-state index contributed by atoms with van der Waals surface area (Å²) in [6, 6.07) is 6.61. The molecule has 17 heavy (non-hydrogen) atoms. The Hall–Kier alpha value is -1.15. The zero-order chi connectivity index (χ0) is 12.4. The summed E-state index contributed by atoms with van der Waals surface area (Å²) >= 11 is 0. The standard InChI is InChI=1S/C15H21NO/c1-11-4-5-13-9-14(7-6-12(13)8-11)15(17)10-16(2)3/h4-5,8,14H,6-7,9-10H2,1-3H3. The van der Waals surface area contributed by atoms with E-state index in [4.69, 9.17) is 0 Å². The summed E-state index contributed by atoms with van der Waals surface area (Å²) in [5.74, 6) is 0.619. The van der Waals surface area contributed by atoms with Crippen LogP contribution >= 0.6 is 0 Å². The van der Waals surface area contributed by atoms with Crippen molar-refractivity contribution in [2.75, 3.05) is 20.6 Å². The number of hydrogen-bond acceptors (Lipinski definition) is 2. The van der Waals surface area contributed by atoms with Gasteiger partial charge in [-0.2, -0.15) is 0 Å². The average Bonchev–Trinajstić information content (AvgIpc) is 2.27. The monoisotopic (exact) mass is 231 g/mol. The Morgan fingerprint density at radius 2 is 2.12 bits per heavy atom. The molecule has 2 heteroatoms. The maximum absolute atomic E-state index is 12.0. The first-order chi connectivity index (χ1) is 8.06. The molecule has 0 saturated heterocycles. The highest BCUT2D eigenvalue weighted by Crippen LogP contribution is 2.26. The zero-order valence-corrected chi connectivity index (χ0v) is 11.0. The molecule has 92 valence electrons. The molecule has 0 bridgehead atoms. The number of hydrogen-bond donors (Lipinski definition) is 0. The molecule has 1 aliphatic rings. The number of benzene rings is 1. The van der Waals surface area contributed by atoms with E-state index in [9.17, 15) is 4.79 Å². The lowest BCUT2D eigenvalue weighted by molar-refractivity contribution is -0.123. The first-order valence-electron chi connectivity index (χ1n) is 6.32. The molecule has 0 saturated carbocycles. The fraction of sp³-hybridized carbons (Fsp3) is 0.533. The van der Waals surface area contributed by atoms with Crippen molar-refractivity contribution in [2.45, 2.75) is 26.2 Å². The van der Waals surface area contributed by atoms with E-state index >= 15 is 0 Å². The van der Waals surface area contributed by atoms with Crippen LogP contribution in [0.2, 0.25) is 0 Å². The van der Waals surface area contributed by atoms with Crippen LogP contribution in [0.25, 0.3) is 0 Å². The third kappa shape index (κ3) is 2.95. The van der Waals surface area contributed by atoms with Gasteiger partial charge in [0.25, 0.3) is 0 Å². The van der Waals surface area contributed by atoms with Crippen molar-refractivity contribution in [3.05, 3.63) is 34.9 Å². The van der Waals surface area contributed by atoms with Crippen molar-refractivity contribution in [2.24, 2.45) is 5.92 Å². The van der Waals surface area contributed by atoms with Crippen molar-refractivity contribution < 1.29 is 4.79 Å². The molecule has 0 heterocycles. The Bertz CT molecular complexity index is 423. The Balaban J connectivity index is 2.08. The van der Waals surface area contributed by atoms with Gasteiger partial charge in [0.1, 0.15) is 5.78 Å². The zero-order valence-electron chi connectivity index (χ0n) is 11.0. The highest BCUT2D eigenvalue weighted by atomic mass is 16.1. The second-order valence-electron chi connectivity index (χ2n) is 5.42. The van der Waals surface area contributed by atoms with Gasteiger partial charge < -0.3 is 4.90 Å². The molecular weight excluding hydrogens is 210 g/mol. The van der Waals surface area contributed by atoms with Gasteiger partial charge in [0.15, 0.2) is 0 Å². The number of rotatable bonds is 3. The third-order valence-corrected chi connectivity index (χ3v) is 3.52. The van der Waals surface area contributed by atoms with Gasteiger partial charge in [0.2, 0.25) is 0 Å². The molecule has 0 fully saturated rings. The SMILES string of the molecule is Cc1ccc2c(c1)CCC(C(=O)CN(C)C)C2. The first kappa shape index (κ1) is 12.3. The largest absolute Gasteiger partial charge is 0.302 e. The minimum Gasteiger partial charge on any atom is -0.302 e. The molecule has 0 aromatic heterocycles. The predicted molar refractivity (Wildman–Crippen MR) is 70.3 cm³/mol. The van der Waals surface area contributed by atoms with Crippen LogP contribution in [-0.2, 0) is 17.6 Å². The molecule has 0 radical (unpaired) electrons. The molecule has 1 aromatic carbocycles. The Labute approximate surface area is 104 Å². The number of aryl methyl sites for hydroxylation is 2. The maximum Gasteiger partial charge on any atom is 0.150 e. The Kier molecular flexibility index (Phi) is 3.63. The van der Waals surface area contributed by atoms with Gasteiger partial charge >= 0.3 is 0 Å².